The Morgan fingerprint density at radius 2 is 2.12 bits per heavy atom. The van der Waals surface area contributed by atoms with E-state index in [0.717, 1.165) is 31.2 Å². The Hall–Kier alpha value is -0.800. The van der Waals surface area contributed by atoms with Gasteiger partial charge in [0.2, 0.25) is 0 Å². The van der Waals surface area contributed by atoms with Gasteiger partial charge < -0.3 is 24.7 Å². The number of hydrogen-bond acceptors (Lipinski definition) is 4. The third kappa shape index (κ3) is 9.78. The predicted octanol–water partition coefficient (Wildman–Crippen LogP) is 3.09. The summed E-state index contributed by atoms with van der Waals surface area (Å²) >= 11 is 0. The molecule has 0 spiro atoms. The topological polar surface area (TPSA) is 62.0 Å². The van der Waals surface area contributed by atoms with Crippen LogP contribution in [0.15, 0.2) is 27.8 Å². The van der Waals surface area contributed by atoms with Crippen molar-refractivity contribution in [3.63, 3.8) is 0 Å². The largest absolute Gasteiger partial charge is 0.467 e. The first-order valence-electron chi connectivity index (χ1n) is 9.55. The van der Waals surface area contributed by atoms with Crippen molar-refractivity contribution in [2.45, 2.75) is 39.2 Å². The lowest BCUT2D eigenvalue weighted by Crippen LogP contribution is -2.42. The highest BCUT2D eigenvalue weighted by Gasteiger charge is 2.13. The van der Waals surface area contributed by atoms with Gasteiger partial charge in [0.25, 0.3) is 0 Å². The molecule has 7 heteroatoms. The Bertz CT molecular complexity index is 476. The summed E-state index contributed by atoms with van der Waals surface area (Å²) in [7, 11) is 1.82. The zero-order chi connectivity index (χ0) is 17.7. The Labute approximate surface area is 175 Å². The average Bonchev–Trinajstić information content (AvgIpc) is 3.15. The van der Waals surface area contributed by atoms with Crippen molar-refractivity contribution in [3.05, 3.63) is 24.2 Å². The van der Waals surface area contributed by atoms with E-state index in [-0.39, 0.29) is 24.0 Å². The SMILES string of the molecule is CN=C(NCCCOCc1ccco1)NCC(C)CN1CCCCC1.I. The zero-order valence-electron chi connectivity index (χ0n) is 16.2. The van der Waals surface area contributed by atoms with Gasteiger partial charge in [-0.05, 0) is 50.4 Å². The van der Waals surface area contributed by atoms with Gasteiger partial charge in [0.1, 0.15) is 12.4 Å². The van der Waals surface area contributed by atoms with E-state index in [1.807, 2.05) is 19.2 Å². The van der Waals surface area contributed by atoms with Gasteiger partial charge in [-0.25, -0.2) is 0 Å². The van der Waals surface area contributed by atoms with Crippen LogP contribution in [-0.2, 0) is 11.3 Å². The van der Waals surface area contributed by atoms with Crippen molar-refractivity contribution in [2.24, 2.45) is 10.9 Å². The molecule has 6 nitrogen and oxygen atoms in total. The van der Waals surface area contributed by atoms with Crippen molar-refractivity contribution >= 4 is 29.9 Å². The molecule has 0 aliphatic carbocycles. The van der Waals surface area contributed by atoms with Crippen LogP contribution in [0.25, 0.3) is 0 Å². The van der Waals surface area contributed by atoms with Crippen LogP contribution >= 0.6 is 24.0 Å². The summed E-state index contributed by atoms with van der Waals surface area (Å²) in [6, 6.07) is 3.80. The monoisotopic (exact) mass is 478 g/mol. The van der Waals surface area contributed by atoms with Gasteiger partial charge in [-0.1, -0.05) is 13.3 Å². The molecule has 0 aromatic carbocycles. The number of hydrogen-bond donors (Lipinski definition) is 2. The number of furan rings is 1. The van der Waals surface area contributed by atoms with Crippen molar-refractivity contribution < 1.29 is 9.15 Å². The fraction of sp³-hybridized carbons (Fsp3) is 0.737. The number of rotatable bonds is 10. The molecule has 150 valence electrons. The predicted molar refractivity (Wildman–Crippen MR) is 117 cm³/mol. The van der Waals surface area contributed by atoms with Crippen molar-refractivity contribution in [3.8, 4) is 0 Å². The number of ether oxygens (including phenoxy) is 1. The van der Waals surface area contributed by atoms with Gasteiger partial charge in [0.05, 0.1) is 6.26 Å². The standard InChI is InChI=1S/C19H34N4O2.HI/c1-17(15-23-10-4-3-5-11-23)14-22-19(20-2)21-9-7-12-24-16-18-8-6-13-25-18;/h6,8,13,17H,3-5,7,9-12,14-16H2,1-2H3,(H2,20,21,22);1H. The summed E-state index contributed by atoms with van der Waals surface area (Å²) in [4.78, 5) is 6.88. The van der Waals surface area contributed by atoms with E-state index in [4.69, 9.17) is 9.15 Å². The number of aliphatic imine (C=N–C) groups is 1. The molecule has 2 heterocycles. The molecule has 0 amide bonds. The lowest BCUT2D eigenvalue weighted by Gasteiger charge is -2.29. The highest BCUT2D eigenvalue weighted by atomic mass is 127. The van der Waals surface area contributed by atoms with Crippen molar-refractivity contribution in [2.75, 3.05) is 46.4 Å². The maximum Gasteiger partial charge on any atom is 0.190 e. The molecule has 0 bridgehead atoms. The summed E-state index contributed by atoms with van der Waals surface area (Å²) in [5, 5.41) is 6.77. The molecule has 1 atom stereocenters. The normalized spacial score (nSPS) is 16.8. The highest BCUT2D eigenvalue weighted by Crippen LogP contribution is 2.10. The Balaban J connectivity index is 0.00000338. The lowest BCUT2D eigenvalue weighted by molar-refractivity contribution is 0.105. The van der Waals surface area contributed by atoms with Gasteiger partial charge in [0, 0.05) is 33.3 Å². The van der Waals surface area contributed by atoms with Crippen LogP contribution in [0.1, 0.15) is 38.4 Å². The molecule has 1 aliphatic rings. The second-order valence-electron chi connectivity index (χ2n) is 6.83. The molecule has 1 aromatic heterocycles. The summed E-state index contributed by atoms with van der Waals surface area (Å²) in [6.07, 6.45) is 6.70. The molecule has 2 rings (SSSR count). The number of piperidine rings is 1. The first kappa shape index (κ1) is 23.2. The molecule has 1 aliphatic heterocycles. The molecule has 26 heavy (non-hydrogen) atoms. The molecular formula is C19H35IN4O2. The molecule has 0 saturated carbocycles. The van der Waals surface area contributed by atoms with E-state index in [1.165, 1.54) is 38.9 Å². The first-order chi connectivity index (χ1) is 12.3. The van der Waals surface area contributed by atoms with Crippen LogP contribution in [0.4, 0.5) is 0 Å². The van der Waals surface area contributed by atoms with E-state index in [2.05, 4.69) is 27.4 Å². The van der Waals surface area contributed by atoms with Crippen LogP contribution in [0.2, 0.25) is 0 Å². The van der Waals surface area contributed by atoms with E-state index in [0.29, 0.717) is 19.1 Å². The number of guanidine groups is 1. The molecule has 1 saturated heterocycles. The molecule has 1 aromatic rings. The number of likely N-dealkylation sites (tertiary alicyclic amines) is 1. The van der Waals surface area contributed by atoms with Crippen molar-refractivity contribution in [1.82, 2.24) is 15.5 Å². The van der Waals surface area contributed by atoms with E-state index >= 15 is 0 Å². The highest BCUT2D eigenvalue weighted by molar-refractivity contribution is 14.0. The number of nitrogens with zero attached hydrogens (tertiary/aromatic N) is 2. The molecule has 0 radical (unpaired) electrons. The summed E-state index contributed by atoms with van der Waals surface area (Å²) < 4.78 is 10.8. The van der Waals surface area contributed by atoms with Crippen LogP contribution in [0.5, 0.6) is 0 Å². The quantitative estimate of drug-likeness (QED) is 0.234. The fourth-order valence-corrected chi connectivity index (χ4v) is 3.09. The van der Waals surface area contributed by atoms with Gasteiger partial charge in [-0.15, -0.1) is 24.0 Å². The molecular weight excluding hydrogens is 443 g/mol. The smallest absolute Gasteiger partial charge is 0.190 e. The summed E-state index contributed by atoms with van der Waals surface area (Å²) in [5.74, 6) is 2.36. The number of nitrogens with one attached hydrogen (secondary N) is 2. The maximum absolute atomic E-state index is 5.58. The second kappa shape index (κ2) is 14.3. The fourth-order valence-electron chi connectivity index (χ4n) is 3.09. The Morgan fingerprint density at radius 1 is 1.31 bits per heavy atom. The third-order valence-corrected chi connectivity index (χ3v) is 4.44. The maximum atomic E-state index is 5.58. The van der Waals surface area contributed by atoms with Gasteiger partial charge in [-0.3, -0.25) is 4.99 Å². The van der Waals surface area contributed by atoms with Crippen molar-refractivity contribution in [1.29, 1.82) is 0 Å². The Kier molecular flexibility index (Phi) is 12.8. The van der Waals surface area contributed by atoms with Crippen LogP contribution < -0.4 is 10.6 Å². The van der Waals surface area contributed by atoms with E-state index in [1.54, 1.807) is 6.26 Å². The molecule has 1 fully saturated rings. The van der Waals surface area contributed by atoms with Gasteiger partial charge in [0.15, 0.2) is 5.96 Å². The van der Waals surface area contributed by atoms with Gasteiger partial charge in [-0.2, -0.15) is 0 Å². The Morgan fingerprint density at radius 3 is 2.81 bits per heavy atom. The second-order valence-corrected chi connectivity index (χ2v) is 6.83. The molecule has 2 N–H and O–H groups in total. The minimum Gasteiger partial charge on any atom is -0.467 e. The minimum absolute atomic E-state index is 0. The molecule has 1 unspecified atom stereocenters. The van der Waals surface area contributed by atoms with Crippen LogP contribution in [0.3, 0.4) is 0 Å². The lowest BCUT2D eigenvalue weighted by atomic mass is 10.1. The summed E-state index contributed by atoms with van der Waals surface area (Å²) in [6.45, 7) is 9.03. The average molecular weight is 478 g/mol. The van der Waals surface area contributed by atoms with E-state index in [9.17, 15) is 0 Å². The van der Waals surface area contributed by atoms with Gasteiger partial charge >= 0.3 is 0 Å². The summed E-state index contributed by atoms with van der Waals surface area (Å²) in [5.41, 5.74) is 0. The zero-order valence-corrected chi connectivity index (χ0v) is 18.5. The first-order valence-corrected chi connectivity index (χ1v) is 9.55. The van der Waals surface area contributed by atoms with E-state index < -0.39 is 0 Å². The minimum atomic E-state index is 0. The number of halogens is 1. The van der Waals surface area contributed by atoms with Crippen LogP contribution in [0, 0.1) is 5.92 Å². The third-order valence-electron chi connectivity index (χ3n) is 4.44. The van der Waals surface area contributed by atoms with Crippen LogP contribution in [-0.4, -0.2) is 57.2 Å².